The largest absolute Gasteiger partial charge is 0.423 e. The maximum atomic E-state index is 12.8. The van der Waals surface area contributed by atoms with Gasteiger partial charge < -0.3 is 9.32 Å². The average molecular weight is 394 g/mol. The van der Waals surface area contributed by atoms with Crippen molar-refractivity contribution in [3.63, 3.8) is 0 Å². The molecule has 0 saturated heterocycles. The summed E-state index contributed by atoms with van der Waals surface area (Å²) in [5, 5.41) is 0.941. The van der Waals surface area contributed by atoms with Crippen LogP contribution in [0.25, 0.3) is 11.0 Å². The molecule has 0 unspecified atom stereocenters. The summed E-state index contributed by atoms with van der Waals surface area (Å²) in [5.41, 5.74) is 4.59. The smallest absolute Gasteiger partial charge is 0.336 e. The summed E-state index contributed by atoms with van der Waals surface area (Å²) in [7, 11) is 0. The third kappa shape index (κ3) is 3.59. The van der Waals surface area contributed by atoms with Gasteiger partial charge in [0.25, 0.3) is 0 Å². The van der Waals surface area contributed by atoms with Crippen molar-refractivity contribution >= 4 is 34.3 Å². The van der Waals surface area contributed by atoms with Crippen molar-refractivity contribution in [1.82, 2.24) is 0 Å². The lowest BCUT2D eigenvalue weighted by Gasteiger charge is -2.22. The molecule has 1 aliphatic heterocycles. The summed E-state index contributed by atoms with van der Waals surface area (Å²) in [4.78, 5) is 26.7. The van der Waals surface area contributed by atoms with Gasteiger partial charge in [0.15, 0.2) is 0 Å². The van der Waals surface area contributed by atoms with Crippen molar-refractivity contribution in [2.75, 3.05) is 10.7 Å². The zero-order chi connectivity index (χ0) is 19.7. The monoisotopic (exact) mass is 393 g/mol. The minimum Gasteiger partial charge on any atom is -0.423 e. The lowest BCUT2D eigenvalue weighted by Crippen LogP contribution is -2.37. The number of benzene rings is 2. The lowest BCUT2D eigenvalue weighted by atomic mass is 10.1. The molecule has 28 heavy (non-hydrogen) atoms. The molecule has 0 spiro atoms. The molecule has 144 valence electrons. The fraction of sp³-hybridized carbons (Fsp3) is 0.304. The van der Waals surface area contributed by atoms with Gasteiger partial charge in [-0.1, -0.05) is 37.3 Å². The lowest BCUT2D eigenvalue weighted by molar-refractivity contribution is -0.116. The molecular formula is C23H23NO3S. The van der Waals surface area contributed by atoms with Gasteiger partial charge >= 0.3 is 5.63 Å². The van der Waals surface area contributed by atoms with Crippen LogP contribution in [0.15, 0.2) is 57.7 Å². The van der Waals surface area contributed by atoms with E-state index in [9.17, 15) is 9.59 Å². The second-order valence-electron chi connectivity index (χ2n) is 7.21. The number of anilines is 1. The number of para-hydroxylation sites is 1. The maximum absolute atomic E-state index is 12.8. The summed E-state index contributed by atoms with van der Waals surface area (Å²) in [6, 6.07) is 15.8. The number of rotatable bonds is 5. The topological polar surface area (TPSA) is 50.5 Å². The number of nitrogens with zero attached hydrogens (tertiary/aromatic N) is 1. The highest BCUT2D eigenvalue weighted by Gasteiger charge is 2.30. The zero-order valence-corrected chi connectivity index (χ0v) is 16.9. The zero-order valence-electron chi connectivity index (χ0n) is 16.1. The molecule has 0 fully saturated rings. The van der Waals surface area contributed by atoms with Crippen molar-refractivity contribution in [1.29, 1.82) is 0 Å². The number of aryl methyl sites for hydroxylation is 1. The normalized spacial score (nSPS) is 15.8. The number of hydrogen-bond donors (Lipinski definition) is 0. The number of thioether (sulfide) groups is 1. The Labute approximate surface area is 168 Å². The van der Waals surface area contributed by atoms with Crippen molar-refractivity contribution in [3.05, 3.63) is 75.6 Å². The van der Waals surface area contributed by atoms with Crippen LogP contribution < -0.4 is 10.5 Å². The predicted molar refractivity (Wildman–Crippen MR) is 115 cm³/mol. The van der Waals surface area contributed by atoms with Gasteiger partial charge in [-0.05, 0) is 48.6 Å². The Morgan fingerprint density at radius 3 is 2.86 bits per heavy atom. The molecule has 0 aliphatic carbocycles. The van der Waals surface area contributed by atoms with E-state index >= 15 is 0 Å². The first kappa shape index (κ1) is 18.8. The number of carbonyl (C=O) groups is 1. The van der Waals surface area contributed by atoms with Gasteiger partial charge in [0, 0.05) is 28.9 Å². The number of amides is 1. The molecule has 0 radical (unpaired) electrons. The highest BCUT2D eigenvalue weighted by atomic mass is 32.2. The molecule has 2 heterocycles. The molecule has 0 bridgehead atoms. The van der Waals surface area contributed by atoms with Gasteiger partial charge in [0.1, 0.15) is 5.58 Å². The third-order valence-corrected chi connectivity index (χ3v) is 6.23. The fourth-order valence-electron chi connectivity index (χ4n) is 3.88. The van der Waals surface area contributed by atoms with Crippen LogP contribution in [0.1, 0.15) is 30.5 Å². The van der Waals surface area contributed by atoms with Crippen LogP contribution in [0.4, 0.5) is 5.69 Å². The molecule has 3 aromatic rings. The maximum Gasteiger partial charge on any atom is 0.336 e. The van der Waals surface area contributed by atoms with Gasteiger partial charge in [-0.2, -0.15) is 0 Å². The van der Waals surface area contributed by atoms with Gasteiger partial charge in [0.2, 0.25) is 5.91 Å². The minimum atomic E-state index is -0.343. The van der Waals surface area contributed by atoms with Crippen LogP contribution in [-0.2, 0) is 23.4 Å². The van der Waals surface area contributed by atoms with Crippen LogP contribution >= 0.6 is 11.8 Å². The average Bonchev–Trinajstić information content (AvgIpc) is 3.02. The first-order valence-electron chi connectivity index (χ1n) is 9.60. The summed E-state index contributed by atoms with van der Waals surface area (Å²) in [6.07, 6.45) is 1.79. The van der Waals surface area contributed by atoms with E-state index in [1.165, 1.54) is 17.3 Å². The van der Waals surface area contributed by atoms with Crippen molar-refractivity contribution in [2.45, 2.75) is 38.5 Å². The highest BCUT2D eigenvalue weighted by molar-refractivity contribution is 7.99. The molecule has 0 saturated carbocycles. The van der Waals surface area contributed by atoms with E-state index in [4.69, 9.17) is 4.42 Å². The molecule has 1 atom stereocenters. The van der Waals surface area contributed by atoms with Crippen molar-refractivity contribution in [3.8, 4) is 0 Å². The van der Waals surface area contributed by atoms with E-state index < -0.39 is 0 Å². The summed E-state index contributed by atoms with van der Waals surface area (Å²) in [6.45, 7) is 4.16. The molecule has 4 nitrogen and oxygen atoms in total. The van der Waals surface area contributed by atoms with Crippen molar-refractivity contribution in [2.24, 2.45) is 0 Å². The Morgan fingerprint density at radius 2 is 2.04 bits per heavy atom. The first-order chi connectivity index (χ1) is 13.6. The van der Waals surface area contributed by atoms with E-state index in [0.29, 0.717) is 17.1 Å². The fourth-order valence-corrected chi connectivity index (χ4v) is 4.75. The standard InChI is InChI=1S/C23H23NO3S/c1-3-16-8-9-19-18(12-23(26)27-21(19)11-16)13-28-14-22(25)24-15(2)10-17-6-4-5-7-20(17)24/h4-9,11-12,15H,3,10,13-14H2,1-2H3/t15-/m1/s1. The predicted octanol–water partition coefficient (Wildman–Crippen LogP) is 4.57. The highest BCUT2D eigenvalue weighted by Crippen LogP contribution is 2.32. The second kappa shape index (κ2) is 7.84. The second-order valence-corrected chi connectivity index (χ2v) is 8.20. The third-order valence-electron chi connectivity index (χ3n) is 5.26. The Hall–Kier alpha value is -2.53. The van der Waals surface area contributed by atoms with Gasteiger partial charge in [-0.15, -0.1) is 11.8 Å². The first-order valence-corrected chi connectivity index (χ1v) is 10.8. The molecule has 4 rings (SSSR count). The Balaban J connectivity index is 1.48. The molecular weight excluding hydrogens is 370 g/mol. The van der Waals surface area contributed by atoms with Crippen LogP contribution in [-0.4, -0.2) is 17.7 Å². The molecule has 0 N–H and O–H groups in total. The molecule has 1 aromatic heterocycles. The van der Waals surface area contributed by atoms with Crippen LogP contribution in [0, 0.1) is 0 Å². The van der Waals surface area contributed by atoms with Crippen molar-refractivity contribution < 1.29 is 9.21 Å². The number of fused-ring (bicyclic) bond motifs is 2. The van der Waals surface area contributed by atoms with E-state index in [-0.39, 0.29) is 17.6 Å². The number of hydrogen-bond acceptors (Lipinski definition) is 4. The molecule has 2 aromatic carbocycles. The molecule has 5 heteroatoms. The molecule has 1 amide bonds. The molecule has 1 aliphatic rings. The van der Waals surface area contributed by atoms with Crippen LogP contribution in [0.5, 0.6) is 0 Å². The Kier molecular flexibility index (Phi) is 5.27. The van der Waals surface area contributed by atoms with E-state index in [0.717, 1.165) is 35.0 Å². The SMILES string of the molecule is CCc1ccc2c(CSCC(=O)N3c4ccccc4C[C@H]3C)cc(=O)oc2c1. The minimum absolute atomic E-state index is 0.114. The summed E-state index contributed by atoms with van der Waals surface area (Å²) >= 11 is 1.54. The summed E-state index contributed by atoms with van der Waals surface area (Å²) in [5.74, 6) is 1.10. The van der Waals surface area contributed by atoms with E-state index in [1.54, 1.807) is 6.07 Å². The van der Waals surface area contributed by atoms with Crippen LogP contribution in [0.3, 0.4) is 0 Å². The van der Waals surface area contributed by atoms with E-state index in [2.05, 4.69) is 26.0 Å². The quantitative estimate of drug-likeness (QED) is 0.596. The Bertz CT molecular complexity index is 1090. The van der Waals surface area contributed by atoms with Gasteiger partial charge in [-0.3, -0.25) is 4.79 Å². The number of carbonyl (C=O) groups excluding carboxylic acids is 1. The van der Waals surface area contributed by atoms with Crippen LogP contribution in [0.2, 0.25) is 0 Å². The summed E-state index contributed by atoms with van der Waals surface area (Å²) < 4.78 is 5.37. The van der Waals surface area contributed by atoms with E-state index in [1.807, 2.05) is 35.2 Å². The van der Waals surface area contributed by atoms with Gasteiger partial charge in [0.05, 0.1) is 5.75 Å². The Morgan fingerprint density at radius 1 is 1.21 bits per heavy atom. The van der Waals surface area contributed by atoms with Gasteiger partial charge in [-0.25, -0.2) is 4.79 Å².